The maximum Gasteiger partial charge on any atom is 0.238 e. The van der Waals surface area contributed by atoms with E-state index >= 15 is 0 Å². The molecule has 2 saturated carbocycles. The number of rotatable bonds is 2. The molecule has 0 spiro atoms. The summed E-state index contributed by atoms with van der Waals surface area (Å²) in [5.41, 5.74) is 1.94. The zero-order chi connectivity index (χ0) is 18.8. The average Bonchev–Trinajstić information content (AvgIpc) is 3.43. The van der Waals surface area contributed by atoms with E-state index in [0.717, 1.165) is 12.1 Å². The molecule has 28 heavy (non-hydrogen) atoms. The van der Waals surface area contributed by atoms with Crippen molar-refractivity contribution in [3.8, 4) is 0 Å². The fourth-order valence-electron chi connectivity index (χ4n) is 5.57. The van der Waals surface area contributed by atoms with Crippen molar-refractivity contribution in [3.05, 3.63) is 70.5 Å². The average molecular weight is 406 g/mol. The van der Waals surface area contributed by atoms with Crippen molar-refractivity contribution in [2.45, 2.75) is 16.9 Å². The highest BCUT2D eigenvalue weighted by atomic mass is 32.2. The topological polar surface area (TPSA) is 37.4 Å². The van der Waals surface area contributed by atoms with Gasteiger partial charge in [-0.15, -0.1) is 23.5 Å². The zero-order valence-electron chi connectivity index (χ0n) is 15.1. The first-order valence-electron chi connectivity index (χ1n) is 9.75. The van der Waals surface area contributed by atoms with Gasteiger partial charge in [-0.2, -0.15) is 0 Å². The van der Waals surface area contributed by atoms with Crippen LogP contribution in [0, 0.1) is 23.7 Å². The summed E-state index contributed by atoms with van der Waals surface area (Å²) in [6, 6.07) is 19.8. The molecule has 6 rings (SSSR count). The van der Waals surface area contributed by atoms with Crippen LogP contribution < -0.4 is 4.90 Å². The van der Waals surface area contributed by atoms with Gasteiger partial charge in [-0.1, -0.05) is 48.5 Å². The number of anilines is 1. The maximum atomic E-state index is 13.2. The summed E-state index contributed by atoms with van der Waals surface area (Å²) in [5, 5.41) is 0.914. The molecule has 140 valence electrons. The van der Waals surface area contributed by atoms with E-state index in [2.05, 4.69) is 30.3 Å². The quantitative estimate of drug-likeness (QED) is 0.681. The standard InChI is InChI=1S/C23H19NO2S2/c25-22-18-15-12-16(19(18)23(26)24(22)14-9-5-2-6-10-14)21-20(15)27-17(28-21)11-13-7-3-1-4-8-13/h1-11,15-16,18-21H,12H2/t15-,16+,18-,19+,20-,21+. The smallest absolute Gasteiger partial charge is 0.238 e. The van der Waals surface area contributed by atoms with E-state index in [4.69, 9.17) is 0 Å². The molecule has 2 heterocycles. The monoisotopic (exact) mass is 405 g/mol. The second-order valence-corrected chi connectivity index (χ2v) is 10.7. The second-order valence-electron chi connectivity index (χ2n) is 8.00. The molecule has 4 aliphatic rings. The van der Waals surface area contributed by atoms with Crippen LogP contribution in [0.2, 0.25) is 0 Å². The molecular formula is C23H19NO2S2. The van der Waals surface area contributed by atoms with Crippen LogP contribution in [0.1, 0.15) is 12.0 Å². The van der Waals surface area contributed by atoms with Gasteiger partial charge in [0, 0.05) is 14.7 Å². The number of hydrogen-bond acceptors (Lipinski definition) is 4. The lowest BCUT2D eigenvalue weighted by molar-refractivity contribution is -0.123. The molecule has 0 N–H and O–H groups in total. The largest absolute Gasteiger partial charge is 0.274 e. The molecule has 2 amide bonds. The van der Waals surface area contributed by atoms with E-state index in [1.807, 2.05) is 59.9 Å². The van der Waals surface area contributed by atoms with Gasteiger partial charge in [0.2, 0.25) is 11.8 Å². The van der Waals surface area contributed by atoms with Gasteiger partial charge in [0.1, 0.15) is 0 Å². The summed E-state index contributed by atoms with van der Waals surface area (Å²) < 4.78 is 1.33. The third-order valence-electron chi connectivity index (χ3n) is 6.64. The highest BCUT2D eigenvalue weighted by Crippen LogP contribution is 2.68. The number of hydrogen-bond donors (Lipinski definition) is 0. The molecule has 2 aromatic carbocycles. The first-order chi connectivity index (χ1) is 13.7. The highest BCUT2D eigenvalue weighted by Gasteiger charge is 2.69. The van der Waals surface area contributed by atoms with Crippen LogP contribution >= 0.6 is 23.5 Å². The third kappa shape index (κ3) is 2.32. The van der Waals surface area contributed by atoms with Crippen molar-refractivity contribution in [1.82, 2.24) is 0 Å². The van der Waals surface area contributed by atoms with Crippen LogP contribution in [0.4, 0.5) is 5.69 Å². The number of carbonyl (C=O) groups excluding carboxylic acids is 2. The Hall–Kier alpha value is -1.98. The molecule has 2 aromatic rings. The number of carbonyl (C=O) groups is 2. The molecule has 0 radical (unpaired) electrons. The minimum absolute atomic E-state index is 0.0261. The van der Waals surface area contributed by atoms with Crippen LogP contribution in [0.15, 0.2) is 64.9 Å². The lowest BCUT2D eigenvalue weighted by atomic mass is 9.80. The molecule has 2 aliphatic heterocycles. The molecule has 0 unspecified atom stereocenters. The molecule has 2 saturated heterocycles. The normalized spacial score (nSPS) is 37.0. The van der Waals surface area contributed by atoms with Crippen LogP contribution in [-0.2, 0) is 9.59 Å². The fourth-order valence-corrected chi connectivity index (χ4v) is 9.32. The Bertz CT molecular complexity index is 952. The number of amides is 2. The third-order valence-corrected chi connectivity index (χ3v) is 9.92. The molecule has 2 aliphatic carbocycles. The fraction of sp³-hybridized carbons (Fsp3) is 0.304. The van der Waals surface area contributed by atoms with Gasteiger partial charge >= 0.3 is 0 Å². The Morgan fingerprint density at radius 3 is 1.89 bits per heavy atom. The lowest BCUT2D eigenvalue weighted by Gasteiger charge is -2.29. The minimum atomic E-state index is -0.122. The van der Waals surface area contributed by atoms with Crippen molar-refractivity contribution in [3.63, 3.8) is 0 Å². The van der Waals surface area contributed by atoms with E-state index in [-0.39, 0.29) is 23.7 Å². The van der Waals surface area contributed by atoms with E-state index < -0.39 is 0 Å². The van der Waals surface area contributed by atoms with Gasteiger partial charge in [0.15, 0.2) is 0 Å². The second kappa shape index (κ2) is 6.26. The number of nitrogens with zero attached hydrogens (tertiary/aromatic N) is 1. The van der Waals surface area contributed by atoms with Crippen molar-refractivity contribution in [1.29, 1.82) is 0 Å². The molecule has 0 aromatic heterocycles. The first-order valence-corrected chi connectivity index (χ1v) is 11.5. The molecule has 3 nitrogen and oxygen atoms in total. The SMILES string of the molecule is O=C1[C@@H]2[C@H]3C[C@H]([C@@H]4SC(=Cc5ccccc5)S[C@H]34)[C@@H]2C(=O)N1c1ccccc1. The number of fused-ring (bicyclic) bond motifs is 8. The number of para-hydroxylation sites is 1. The summed E-state index contributed by atoms with van der Waals surface area (Å²) >= 11 is 3.86. The molecule has 5 heteroatoms. The van der Waals surface area contributed by atoms with Gasteiger partial charge in [0.05, 0.1) is 17.5 Å². The van der Waals surface area contributed by atoms with Gasteiger partial charge in [0.25, 0.3) is 0 Å². The summed E-state index contributed by atoms with van der Waals surface area (Å²) in [5.74, 6) is 0.455. The van der Waals surface area contributed by atoms with Crippen molar-refractivity contribution in [2.75, 3.05) is 4.90 Å². The van der Waals surface area contributed by atoms with E-state index in [1.54, 1.807) is 0 Å². The molecular weight excluding hydrogens is 386 g/mol. The predicted molar refractivity (Wildman–Crippen MR) is 115 cm³/mol. The minimum Gasteiger partial charge on any atom is -0.274 e. The Kier molecular flexibility index (Phi) is 3.78. The van der Waals surface area contributed by atoms with Crippen molar-refractivity contribution >= 4 is 47.1 Å². The molecule has 4 fully saturated rings. The molecule has 2 bridgehead atoms. The first kappa shape index (κ1) is 16.9. The summed E-state index contributed by atoms with van der Waals surface area (Å²) in [7, 11) is 0. The Morgan fingerprint density at radius 2 is 1.32 bits per heavy atom. The number of thioether (sulfide) groups is 2. The Morgan fingerprint density at radius 1 is 0.786 bits per heavy atom. The lowest BCUT2D eigenvalue weighted by Crippen LogP contribution is -2.38. The van der Waals surface area contributed by atoms with Crippen LogP contribution in [-0.4, -0.2) is 22.3 Å². The van der Waals surface area contributed by atoms with E-state index in [0.29, 0.717) is 22.3 Å². The number of imide groups is 1. The number of benzene rings is 2. The van der Waals surface area contributed by atoms with Crippen molar-refractivity contribution in [2.24, 2.45) is 23.7 Å². The van der Waals surface area contributed by atoms with Gasteiger partial charge in [-0.3, -0.25) is 14.5 Å². The highest BCUT2D eigenvalue weighted by molar-refractivity contribution is 8.26. The Labute approximate surface area is 172 Å². The summed E-state index contributed by atoms with van der Waals surface area (Å²) in [4.78, 5) is 27.9. The Balaban J connectivity index is 1.29. The van der Waals surface area contributed by atoms with Gasteiger partial charge < -0.3 is 0 Å². The van der Waals surface area contributed by atoms with Crippen LogP contribution in [0.5, 0.6) is 0 Å². The van der Waals surface area contributed by atoms with Crippen LogP contribution in [0.3, 0.4) is 0 Å². The van der Waals surface area contributed by atoms with Crippen molar-refractivity contribution < 1.29 is 9.59 Å². The zero-order valence-corrected chi connectivity index (χ0v) is 16.7. The van der Waals surface area contributed by atoms with Gasteiger partial charge in [-0.05, 0) is 42.0 Å². The van der Waals surface area contributed by atoms with E-state index in [1.165, 1.54) is 14.7 Å². The molecule has 6 atom stereocenters. The van der Waals surface area contributed by atoms with Crippen LogP contribution in [0.25, 0.3) is 6.08 Å². The summed E-state index contributed by atoms with van der Waals surface area (Å²) in [6.45, 7) is 0. The predicted octanol–water partition coefficient (Wildman–Crippen LogP) is 4.66. The van der Waals surface area contributed by atoms with Gasteiger partial charge in [-0.25, -0.2) is 0 Å². The maximum absolute atomic E-state index is 13.2. The summed E-state index contributed by atoms with van der Waals surface area (Å²) in [6.07, 6.45) is 3.28. The van der Waals surface area contributed by atoms with E-state index in [9.17, 15) is 9.59 Å².